The molecule has 2 rings (SSSR count). The summed E-state index contributed by atoms with van der Waals surface area (Å²) < 4.78 is 5.26. The maximum atomic E-state index is 12.4. The van der Waals surface area contributed by atoms with E-state index in [1.54, 1.807) is 0 Å². The molecule has 6 nitrogen and oxygen atoms in total. The van der Waals surface area contributed by atoms with Gasteiger partial charge in [0.25, 0.3) is 0 Å². The van der Waals surface area contributed by atoms with Crippen LogP contribution >= 0.6 is 0 Å². The number of carboxylic acids is 1. The van der Waals surface area contributed by atoms with Crippen molar-refractivity contribution < 1.29 is 19.4 Å². The van der Waals surface area contributed by atoms with Gasteiger partial charge in [0.2, 0.25) is 5.91 Å². The van der Waals surface area contributed by atoms with Crippen LogP contribution in [0, 0.1) is 5.92 Å². The predicted molar refractivity (Wildman–Crippen MR) is 73.4 cm³/mol. The van der Waals surface area contributed by atoms with E-state index in [9.17, 15) is 9.59 Å². The van der Waals surface area contributed by atoms with Crippen LogP contribution in [0.15, 0.2) is 0 Å². The number of piperidine rings is 1. The van der Waals surface area contributed by atoms with E-state index in [-0.39, 0.29) is 24.3 Å². The summed E-state index contributed by atoms with van der Waals surface area (Å²) in [4.78, 5) is 27.2. The molecule has 0 spiro atoms. The molecule has 1 N–H and O–H groups in total. The second-order valence-electron chi connectivity index (χ2n) is 5.71. The van der Waals surface area contributed by atoms with Crippen molar-refractivity contribution in [3.63, 3.8) is 0 Å². The molecule has 2 heterocycles. The molecule has 6 heteroatoms. The largest absolute Gasteiger partial charge is 0.481 e. The Morgan fingerprint density at radius 3 is 2.65 bits per heavy atom. The monoisotopic (exact) mass is 284 g/mol. The quantitative estimate of drug-likeness (QED) is 0.810. The second-order valence-corrected chi connectivity index (χ2v) is 5.71. The lowest BCUT2D eigenvalue weighted by molar-refractivity contribution is -0.141. The molecule has 2 unspecified atom stereocenters. The van der Waals surface area contributed by atoms with Crippen LogP contribution in [0.25, 0.3) is 0 Å². The summed E-state index contributed by atoms with van der Waals surface area (Å²) in [5.74, 6) is -0.436. The van der Waals surface area contributed by atoms with E-state index in [4.69, 9.17) is 9.84 Å². The minimum Gasteiger partial charge on any atom is -0.481 e. The molecular formula is C14H24N2O4. The highest BCUT2D eigenvalue weighted by atomic mass is 16.5. The highest BCUT2D eigenvalue weighted by Gasteiger charge is 2.31. The van der Waals surface area contributed by atoms with Crippen molar-refractivity contribution in [1.82, 2.24) is 9.80 Å². The third-order valence-electron chi connectivity index (χ3n) is 4.24. The van der Waals surface area contributed by atoms with Crippen LogP contribution in [0.5, 0.6) is 0 Å². The van der Waals surface area contributed by atoms with Crippen molar-refractivity contribution in [2.75, 3.05) is 39.4 Å². The van der Waals surface area contributed by atoms with Gasteiger partial charge in [-0.2, -0.15) is 0 Å². The van der Waals surface area contributed by atoms with Crippen molar-refractivity contribution in [3.8, 4) is 0 Å². The second kappa shape index (κ2) is 7.04. The van der Waals surface area contributed by atoms with Gasteiger partial charge in [-0.25, -0.2) is 0 Å². The van der Waals surface area contributed by atoms with E-state index >= 15 is 0 Å². The molecule has 0 saturated carbocycles. The van der Waals surface area contributed by atoms with Crippen LogP contribution in [0.2, 0.25) is 0 Å². The van der Waals surface area contributed by atoms with Crippen LogP contribution in [-0.4, -0.2) is 72.2 Å². The molecule has 0 aromatic heterocycles. The summed E-state index contributed by atoms with van der Waals surface area (Å²) in [7, 11) is 0. The molecule has 2 fully saturated rings. The van der Waals surface area contributed by atoms with Gasteiger partial charge >= 0.3 is 5.97 Å². The summed E-state index contributed by atoms with van der Waals surface area (Å²) in [5, 5.41) is 8.90. The highest BCUT2D eigenvalue weighted by molar-refractivity contribution is 5.81. The van der Waals surface area contributed by atoms with Gasteiger partial charge in [0.15, 0.2) is 0 Å². The highest BCUT2D eigenvalue weighted by Crippen LogP contribution is 2.22. The summed E-state index contributed by atoms with van der Waals surface area (Å²) in [6, 6.07) is -0.162. The minimum atomic E-state index is -0.746. The third-order valence-corrected chi connectivity index (χ3v) is 4.24. The number of morpholine rings is 1. The first kappa shape index (κ1) is 15.3. The topological polar surface area (TPSA) is 70.1 Å². The number of likely N-dealkylation sites (tertiary alicyclic amines) is 1. The van der Waals surface area contributed by atoms with E-state index in [0.29, 0.717) is 32.8 Å². The van der Waals surface area contributed by atoms with Gasteiger partial charge in [-0.3, -0.25) is 14.5 Å². The van der Waals surface area contributed by atoms with Crippen molar-refractivity contribution in [3.05, 3.63) is 0 Å². The first-order valence-electron chi connectivity index (χ1n) is 7.40. The smallest absolute Gasteiger partial charge is 0.303 e. The van der Waals surface area contributed by atoms with Crippen LogP contribution in [-0.2, 0) is 14.3 Å². The van der Waals surface area contributed by atoms with Crippen LogP contribution in [0.3, 0.4) is 0 Å². The Morgan fingerprint density at radius 1 is 1.30 bits per heavy atom. The van der Waals surface area contributed by atoms with Gasteiger partial charge in [-0.15, -0.1) is 0 Å². The average Bonchev–Trinajstić information content (AvgIpc) is 2.46. The standard InChI is InChI=1S/C14H24N2O4/c1-11(14(19)15-5-7-20-8-6-15)16-4-2-3-12(10-16)9-13(17)18/h11-12H,2-10H2,1H3,(H,17,18). The van der Waals surface area contributed by atoms with Crippen LogP contribution in [0.4, 0.5) is 0 Å². The Morgan fingerprint density at radius 2 is 2.00 bits per heavy atom. The number of amides is 1. The van der Waals surface area contributed by atoms with Gasteiger partial charge in [0.05, 0.1) is 19.3 Å². The molecule has 20 heavy (non-hydrogen) atoms. The number of carboxylic acid groups (broad SMARTS) is 1. The maximum absolute atomic E-state index is 12.4. The molecule has 0 aromatic carbocycles. The summed E-state index contributed by atoms with van der Waals surface area (Å²) >= 11 is 0. The van der Waals surface area contributed by atoms with Crippen molar-refractivity contribution in [2.45, 2.75) is 32.2 Å². The Bertz CT molecular complexity index is 355. The van der Waals surface area contributed by atoms with Gasteiger partial charge in [0.1, 0.15) is 0 Å². The number of carbonyl (C=O) groups is 2. The fraction of sp³-hybridized carbons (Fsp3) is 0.857. The number of nitrogens with zero attached hydrogens (tertiary/aromatic N) is 2. The maximum Gasteiger partial charge on any atom is 0.303 e. The van der Waals surface area contributed by atoms with Crippen LogP contribution in [0.1, 0.15) is 26.2 Å². The lowest BCUT2D eigenvalue weighted by atomic mass is 9.94. The molecule has 0 aliphatic carbocycles. The third kappa shape index (κ3) is 3.93. The van der Waals surface area contributed by atoms with Gasteiger partial charge in [0, 0.05) is 26.1 Å². The van der Waals surface area contributed by atoms with E-state index < -0.39 is 5.97 Å². The average molecular weight is 284 g/mol. The SMILES string of the molecule is CC(C(=O)N1CCOCC1)N1CCCC(CC(=O)O)C1. The van der Waals surface area contributed by atoms with Gasteiger partial charge < -0.3 is 14.7 Å². The summed E-state index contributed by atoms with van der Waals surface area (Å²) in [6.45, 7) is 6.07. The molecular weight excluding hydrogens is 260 g/mol. The number of rotatable bonds is 4. The van der Waals surface area contributed by atoms with E-state index in [0.717, 1.165) is 19.4 Å². The summed E-state index contributed by atoms with van der Waals surface area (Å²) in [6.07, 6.45) is 2.12. The molecule has 114 valence electrons. The predicted octanol–water partition coefficient (Wildman–Crippen LogP) is 0.420. The van der Waals surface area contributed by atoms with Crippen molar-refractivity contribution in [1.29, 1.82) is 0 Å². The van der Waals surface area contributed by atoms with Crippen molar-refractivity contribution in [2.24, 2.45) is 5.92 Å². The fourth-order valence-corrected chi connectivity index (χ4v) is 3.07. The normalized spacial score (nSPS) is 26.2. The number of hydrogen-bond acceptors (Lipinski definition) is 4. The zero-order valence-electron chi connectivity index (χ0n) is 12.1. The molecule has 0 bridgehead atoms. The molecule has 0 aromatic rings. The van der Waals surface area contributed by atoms with Crippen molar-refractivity contribution >= 4 is 11.9 Å². The summed E-state index contributed by atoms with van der Waals surface area (Å²) in [5.41, 5.74) is 0. The number of aliphatic carboxylic acids is 1. The molecule has 2 aliphatic rings. The van der Waals surface area contributed by atoms with Gasteiger partial charge in [-0.1, -0.05) is 0 Å². The minimum absolute atomic E-state index is 0.143. The number of carbonyl (C=O) groups excluding carboxylic acids is 1. The Kier molecular flexibility index (Phi) is 5.37. The Labute approximate surface area is 119 Å². The lowest BCUT2D eigenvalue weighted by Gasteiger charge is -2.38. The van der Waals surface area contributed by atoms with E-state index in [1.807, 2.05) is 11.8 Å². The van der Waals surface area contributed by atoms with Crippen LogP contribution < -0.4 is 0 Å². The lowest BCUT2D eigenvalue weighted by Crippen LogP contribution is -2.52. The first-order chi connectivity index (χ1) is 9.58. The zero-order valence-corrected chi connectivity index (χ0v) is 12.1. The molecule has 2 saturated heterocycles. The van der Waals surface area contributed by atoms with E-state index in [1.165, 1.54) is 0 Å². The Balaban J connectivity index is 1.88. The molecule has 0 radical (unpaired) electrons. The molecule has 2 aliphatic heterocycles. The zero-order chi connectivity index (χ0) is 14.5. The van der Waals surface area contributed by atoms with Gasteiger partial charge in [-0.05, 0) is 32.2 Å². The number of ether oxygens (including phenoxy) is 1. The molecule has 2 atom stereocenters. The van der Waals surface area contributed by atoms with E-state index in [2.05, 4.69) is 4.90 Å². The first-order valence-corrected chi connectivity index (χ1v) is 7.40. The molecule has 1 amide bonds. The fourth-order valence-electron chi connectivity index (χ4n) is 3.07. The Hall–Kier alpha value is -1.14. The number of hydrogen-bond donors (Lipinski definition) is 1.